The molecule has 1 aromatic rings. The molecule has 0 bridgehead atoms. The molecule has 0 saturated heterocycles. The molecule has 1 aromatic carbocycles. The van der Waals surface area contributed by atoms with Crippen LogP contribution in [0.1, 0.15) is 31.7 Å². The van der Waals surface area contributed by atoms with E-state index in [-0.39, 0.29) is 12.5 Å². The maximum absolute atomic E-state index is 11.9. The van der Waals surface area contributed by atoms with Crippen LogP contribution >= 0.6 is 0 Å². The average Bonchev–Trinajstić information content (AvgIpc) is 3.38. The van der Waals surface area contributed by atoms with Crippen molar-refractivity contribution in [3.05, 3.63) is 35.9 Å². The summed E-state index contributed by atoms with van der Waals surface area (Å²) in [6.45, 7) is 2.28. The van der Waals surface area contributed by atoms with Crippen molar-refractivity contribution in [3.63, 3.8) is 0 Å². The first-order valence-electron chi connectivity index (χ1n) is 8.07. The molecule has 1 atom stereocenters. The monoisotopic (exact) mass is 333 g/mol. The van der Waals surface area contributed by atoms with Crippen LogP contribution in [0.3, 0.4) is 0 Å². The molecule has 3 amide bonds. The second-order valence-electron chi connectivity index (χ2n) is 5.95. The Balaban J connectivity index is 1.71. The minimum Gasteiger partial charge on any atom is -0.480 e. The van der Waals surface area contributed by atoms with E-state index in [0.29, 0.717) is 13.1 Å². The fraction of sp³-hybridized carbons (Fsp3) is 0.471. The molecule has 130 valence electrons. The first-order valence-corrected chi connectivity index (χ1v) is 8.07. The van der Waals surface area contributed by atoms with E-state index in [0.717, 1.165) is 18.4 Å². The summed E-state index contributed by atoms with van der Waals surface area (Å²) in [5, 5.41) is 14.0. The number of amides is 3. The van der Waals surface area contributed by atoms with Crippen LogP contribution in [0.2, 0.25) is 0 Å². The van der Waals surface area contributed by atoms with Gasteiger partial charge in [0.15, 0.2) is 0 Å². The predicted octanol–water partition coefficient (Wildman–Crippen LogP) is 1.34. The molecule has 1 aliphatic rings. The molecule has 1 aliphatic carbocycles. The number of aliphatic carboxylic acids is 1. The van der Waals surface area contributed by atoms with E-state index in [4.69, 9.17) is 5.11 Å². The third-order valence-electron chi connectivity index (χ3n) is 4.02. The van der Waals surface area contributed by atoms with Crippen LogP contribution in [-0.2, 0) is 16.1 Å². The molecule has 7 heteroatoms. The molecular formula is C17H23N3O4. The van der Waals surface area contributed by atoms with Crippen molar-refractivity contribution >= 4 is 17.9 Å². The van der Waals surface area contributed by atoms with Gasteiger partial charge in [0.1, 0.15) is 6.04 Å². The van der Waals surface area contributed by atoms with Gasteiger partial charge in [-0.05, 0) is 25.3 Å². The van der Waals surface area contributed by atoms with E-state index >= 15 is 0 Å². The lowest BCUT2D eigenvalue weighted by molar-refractivity contribution is -0.143. The molecule has 1 saturated carbocycles. The quantitative estimate of drug-likeness (QED) is 0.667. The van der Waals surface area contributed by atoms with Crippen molar-refractivity contribution in [1.82, 2.24) is 15.5 Å². The number of carboxylic acid groups (broad SMARTS) is 1. The Labute approximate surface area is 141 Å². The maximum Gasteiger partial charge on any atom is 0.321 e. The van der Waals surface area contributed by atoms with Gasteiger partial charge in [-0.1, -0.05) is 30.3 Å². The Hall–Kier alpha value is -2.41. The Kier molecular flexibility index (Phi) is 6.31. The highest BCUT2D eigenvalue weighted by Crippen LogP contribution is 2.28. The number of carboxylic acids is 1. The van der Waals surface area contributed by atoms with E-state index in [1.807, 2.05) is 35.2 Å². The van der Waals surface area contributed by atoms with Gasteiger partial charge in [-0.25, -0.2) is 4.79 Å². The Morgan fingerprint density at radius 2 is 1.92 bits per heavy atom. The predicted molar refractivity (Wildman–Crippen MR) is 88.3 cm³/mol. The molecular weight excluding hydrogens is 310 g/mol. The van der Waals surface area contributed by atoms with Crippen LogP contribution in [-0.4, -0.2) is 46.5 Å². The van der Waals surface area contributed by atoms with Crippen LogP contribution in [0.4, 0.5) is 4.79 Å². The number of imide groups is 1. The number of carbonyl (C=O) groups excluding carboxylic acids is 2. The summed E-state index contributed by atoms with van der Waals surface area (Å²) in [6, 6.07) is 8.44. The fourth-order valence-electron chi connectivity index (χ4n) is 2.48. The van der Waals surface area contributed by atoms with Crippen molar-refractivity contribution in [3.8, 4) is 0 Å². The van der Waals surface area contributed by atoms with Crippen LogP contribution in [0, 0.1) is 0 Å². The number of hydrogen-bond donors (Lipinski definition) is 3. The van der Waals surface area contributed by atoms with Gasteiger partial charge < -0.3 is 10.4 Å². The summed E-state index contributed by atoms with van der Waals surface area (Å²) >= 11 is 0. The third-order valence-corrected chi connectivity index (χ3v) is 4.02. The lowest BCUT2D eigenvalue weighted by Gasteiger charge is -2.25. The van der Waals surface area contributed by atoms with Crippen molar-refractivity contribution in [1.29, 1.82) is 0 Å². The molecule has 0 radical (unpaired) electrons. The summed E-state index contributed by atoms with van der Waals surface area (Å²) in [5.74, 6) is -1.31. The topological polar surface area (TPSA) is 98.7 Å². The zero-order chi connectivity index (χ0) is 17.5. The second kappa shape index (κ2) is 8.44. The zero-order valence-corrected chi connectivity index (χ0v) is 13.7. The number of rotatable bonds is 8. The van der Waals surface area contributed by atoms with Crippen molar-refractivity contribution in [2.24, 2.45) is 0 Å². The number of carbonyl (C=O) groups is 3. The highest BCUT2D eigenvalue weighted by molar-refractivity contribution is 5.94. The Morgan fingerprint density at radius 1 is 1.25 bits per heavy atom. The number of nitrogens with one attached hydrogen (secondary N) is 2. The number of benzene rings is 1. The minimum atomic E-state index is -0.900. The molecule has 0 heterocycles. The minimum absolute atomic E-state index is 0.0902. The van der Waals surface area contributed by atoms with E-state index in [2.05, 4.69) is 10.6 Å². The molecule has 0 spiro atoms. The molecule has 7 nitrogen and oxygen atoms in total. The lowest BCUT2D eigenvalue weighted by Crippen LogP contribution is -2.44. The zero-order valence-electron chi connectivity index (χ0n) is 13.7. The van der Waals surface area contributed by atoms with E-state index < -0.39 is 23.9 Å². The van der Waals surface area contributed by atoms with E-state index in [1.165, 1.54) is 0 Å². The summed E-state index contributed by atoms with van der Waals surface area (Å²) in [7, 11) is 0. The van der Waals surface area contributed by atoms with Gasteiger partial charge in [0, 0.05) is 25.6 Å². The smallest absolute Gasteiger partial charge is 0.321 e. The van der Waals surface area contributed by atoms with Gasteiger partial charge in [-0.2, -0.15) is 0 Å². The normalized spacial score (nSPS) is 14.9. The molecule has 24 heavy (non-hydrogen) atoms. The van der Waals surface area contributed by atoms with Gasteiger partial charge in [0.2, 0.25) is 5.91 Å². The van der Waals surface area contributed by atoms with E-state index in [9.17, 15) is 14.4 Å². The summed E-state index contributed by atoms with van der Waals surface area (Å²) in [6.07, 6.45) is 2.00. The standard InChI is InChI=1S/C17H23N3O4/c1-12(16(22)23)20(14-7-8-14)10-9-15(21)19-17(24)18-11-13-5-3-2-4-6-13/h2-6,12,14H,7-11H2,1H3,(H,22,23)(H2,18,19,21,24). The molecule has 0 aliphatic heterocycles. The first-order chi connectivity index (χ1) is 11.5. The maximum atomic E-state index is 11.9. The Bertz CT molecular complexity index is 587. The van der Waals surface area contributed by atoms with Gasteiger partial charge in [-0.3, -0.25) is 19.8 Å². The first kappa shape index (κ1) is 17.9. The van der Waals surface area contributed by atoms with Crippen LogP contribution < -0.4 is 10.6 Å². The average molecular weight is 333 g/mol. The van der Waals surface area contributed by atoms with Crippen molar-refractivity contribution in [2.75, 3.05) is 6.54 Å². The van der Waals surface area contributed by atoms with Crippen LogP contribution in [0.25, 0.3) is 0 Å². The highest BCUT2D eigenvalue weighted by atomic mass is 16.4. The number of hydrogen-bond acceptors (Lipinski definition) is 4. The Morgan fingerprint density at radius 3 is 2.50 bits per heavy atom. The van der Waals surface area contributed by atoms with Crippen molar-refractivity contribution in [2.45, 2.75) is 44.8 Å². The van der Waals surface area contributed by atoms with Crippen LogP contribution in [0.5, 0.6) is 0 Å². The van der Waals surface area contributed by atoms with Gasteiger partial charge in [0.05, 0.1) is 0 Å². The van der Waals surface area contributed by atoms with E-state index in [1.54, 1.807) is 6.92 Å². The fourth-order valence-corrected chi connectivity index (χ4v) is 2.48. The number of nitrogens with zero attached hydrogens (tertiary/aromatic N) is 1. The van der Waals surface area contributed by atoms with Gasteiger partial charge in [-0.15, -0.1) is 0 Å². The molecule has 3 N–H and O–H groups in total. The van der Waals surface area contributed by atoms with Gasteiger partial charge in [0.25, 0.3) is 0 Å². The molecule has 0 aromatic heterocycles. The van der Waals surface area contributed by atoms with Gasteiger partial charge >= 0.3 is 12.0 Å². The highest BCUT2D eigenvalue weighted by Gasteiger charge is 2.34. The summed E-state index contributed by atoms with van der Waals surface area (Å²) < 4.78 is 0. The van der Waals surface area contributed by atoms with Crippen LogP contribution in [0.15, 0.2) is 30.3 Å². The summed E-state index contributed by atoms with van der Waals surface area (Å²) in [4.78, 5) is 36.5. The third kappa shape index (κ3) is 5.66. The molecule has 1 fully saturated rings. The molecule has 2 rings (SSSR count). The summed E-state index contributed by atoms with van der Waals surface area (Å²) in [5.41, 5.74) is 0.940. The molecule has 1 unspecified atom stereocenters. The largest absolute Gasteiger partial charge is 0.480 e. The van der Waals surface area contributed by atoms with Crippen molar-refractivity contribution < 1.29 is 19.5 Å². The number of urea groups is 1. The lowest BCUT2D eigenvalue weighted by atomic mass is 10.2. The SMILES string of the molecule is CC(C(=O)O)N(CCC(=O)NC(=O)NCc1ccccc1)C1CC1. The second-order valence-corrected chi connectivity index (χ2v) is 5.95.